The van der Waals surface area contributed by atoms with Crippen LogP contribution < -0.4 is 5.32 Å². The summed E-state index contributed by atoms with van der Waals surface area (Å²) >= 11 is 1.69. The van der Waals surface area contributed by atoms with Crippen LogP contribution in [-0.4, -0.2) is 9.97 Å². The standard InChI is InChI=1S/C14H13N3S.ClH/c1-9-4-3-5-11(6-9)17-13-12-7-10(2)18-14(12)16-8-15-13;/h3-8H,1-2H3,(H,15,16,17);1H. The Bertz CT molecular complexity index is 709. The largest absolute Gasteiger partial charge is 0.340 e. The van der Waals surface area contributed by atoms with Gasteiger partial charge in [0.2, 0.25) is 0 Å². The number of rotatable bonds is 2. The fraction of sp³-hybridized carbons (Fsp3) is 0.143. The zero-order valence-electron chi connectivity index (χ0n) is 10.7. The molecule has 0 saturated carbocycles. The lowest BCUT2D eigenvalue weighted by Gasteiger charge is -2.06. The molecule has 98 valence electrons. The van der Waals surface area contributed by atoms with E-state index in [-0.39, 0.29) is 12.4 Å². The molecule has 0 saturated heterocycles. The highest BCUT2D eigenvalue weighted by atomic mass is 35.5. The molecule has 0 atom stereocenters. The van der Waals surface area contributed by atoms with Crippen LogP contribution in [0.2, 0.25) is 0 Å². The molecule has 19 heavy (non-hydrogen) atoms. The van der Waals surface area contributed by atoms with Crippen molar-refractivity contribution in [2.45, 2.75) is 13.8 Å². The van der Waals surface area contributed by atoms with Crippen LogP contribution in [0.3, 0.4) is 0 Å². The minimum absolute atomic E-state index is 0. The van der Waals surface area contributed by atoms with E-state index < -0.39 is 0 Å². The van der Waals surface area contributed by atoms with Crippen LogP contribution >= 0.6 is 23.7 Å². The summed E-state index contributed by atoms with van der Waals surface area (Å²) in [5, 5.41) is 4.44. The first kappa shape index (κ1) is 13.8. The van der Waals surface area contributed by atoms with Crippen LogP contribution in [-0.2, 0) is 0 Å². The second kappa shape index (κ2) is 5.55. The van der Waals surface area contributed by atoms with E-state index in [1.807, 2.05) is 12.1 Å². The van der Waals surface area contributed by atoms with Crippen LogP contribution in [0.5, 0.6) is 0 Å². The number of aromatic nitrogens is 2. The number of thiophene rings is 1. The van der Waals surface area contributed by atoms with E-state index >= 15 is 0 Å². The maximum atomic E-state index is 4.33. The van der Waals surface area contributed by atoms with Gasteiger partial charge in [0, 0.05) is 10.6 Å². The molecule has 2 aromatic heterocycles. The zero-order chi connectivity index (χ0) is 12.5. The van der Waals surface area contributed by atoms with Gasteiger partial charge in [-0.2, -0.15) is 0 Å². The smallest absolute Gasteiger partial charge is 0.142 e. The molecule has 3 nitrogen and oxygen atoms in total. The predicted octanol–water partition coefficient (Wildman–Crippen LogP) is 4.47. The van der Waals surface area contributed by atoms with Crippen molar-refractivity contribution in [1.29, 1.82) is 0 Å². The molecular weight excluding hydrogens is 278 g/mol. The molecule has 0 bridgehead atoms. The highest BCUT2D eigenvalue weighted by Crippen LogP contribution is 2.29. The summed E-state index contributed by atoms with van der Waals surface area (Å²) < 4.78 is 0. The van der Waals surface area contributed by atoms with Gasteiger partial charge in [0.1, 0.15) is 17.0 Å². The summed E-state index contributed by atoms with van der Waals surface area (Å²) in [6, 6.07) is 10.4. The Balaban J connectivity index is 0.00000133. The molecule has 2 heterocycles. The number of hydrogen-bond acceptors (Lipinski definition) is 4. The summed E-state index contributed by atoms with van der Waals surface area (Å²) in [7, 11) is 0. The minimum Gasteiger partial charge on any atom is -0.340 e. The second-order valence-electron chi connectivity index (χ2n) is 4.29. The van der Waals surface area contributed by atoms with Crippen molar-refractivity contribution in [1.82, 2.24) is 9.97 Å². The predicted molar refractivity (Wildman–Crippen MR) is 83.9 cm³/mol. The third-order valence-electron chi connectivity index (χ3n) is 2.73. The van der Waals surface area contributed by atoms with Crippen LogP contribution in [0.15, 0.2) is 36.7 Å². The minimum atomic E-state index is 0. The SMILES string of the molecule is Cc1cccc(Nc2ncnc3sc(C)cc23)c1.Cl. The molecule has 3 rings (SSSR count). The molecule has 0 amide bonds. The Labute approximate surface area is 122 Å². The van der Waals surface area contributed by atoms with Gasteiger partial charge in [-0.1, -0.05) is 12.1 Å². The van der Waals surface area contributed by atoms with E-state index in [2.05, 4.69) is 47.3 Å². The molecule has 0 radical (unpaired) electrons. The molecular formula is C14H14ClN3S. The summed E-state index contributed by atoms with van der Waals surface area (Å²) in [5.74, 6) is 0.870. The number of hydrogen-bond donors (Lipinski definition) is 1. The number of nitrogens with zero attached hydrogens (tertiary/aromatic N) is 2. The number of halogens is 1. The van der Waals surface area contributed by atoms with E-state index in [9.17, 15) is 0 Å². The number of nitrogens with one attached hydrogen (secondary N) is 1. The van der Waals surface area contributed by atoms with E-state index in [1.54, 1.807) is 17.7 Å². The first-order valence-corrected chi connectivity index (χ1v) is 6.59. The monoisotopic (exact) mass is 291 g/mol. The Morgan fingerprint density at radius 3 is 2.74 bits per heavy atom. The van der Waals surface area contributed by atoms with E-state index in [0.29, 0.717) is 0 Å². The van der Waals surface area contributed by atoms with E-state index in [1.165, 1.54) is 10.4 Å². The van der Waals surface area contributed by atoms with Crippen LogP contribution in [0.1, 0.15) is 10.4 Å². The van der Waals surface area contributed by atoms with Gasteiger partial charge in [-0.15, -0.1) is 23.7 Å². The van der Waals surface area contributed by atoms with E-state index in [4.69, 9.17) is 0 Å². The summed E-state index contributed by atoms with van der Waals surface area (Å²) in [6.45, 7) is 4.16. The lowest BCUT2D eigenvalue weighted by Crippen LogP contribution is -1.94. The molecule has 1 aromatic carbocycles. The quantitative estimate of drug-likeness (QED) is 0.757. The fourth-order valence-corrected chi connectivity index (χ4v) is 2.78. The van der Waals surface area contributed by atoms with Gasteiger partial charge in [-0.3, -0.25) is 0 Å². The molecule has 0 aliphatic carbocycles. The third-order valence-corrected chi connectivity index (χ3v) is 3.69. The molecule has 0 aliphatic heterocycles. The molecule has 0 fully saturated rings. The average Bonchev–Trinajstić information content (AvgIpc) is 2.71. The Morgan fingerprint density at radius 1 is 1.11 bits per heavy atom. The number of aryl methyl sites for hydroxylation is 2. The van der Waals surface area contributed by atoms with Gasteiger partial charge in [-0.25, -0.2) is 9.97 Å². The first-order chi connectivity index (χ1) is 8.72. The zero-order valence-corrected chi connectivity index (χ0v) is 12.3. The second-order valence-corrected chi connectivity index (χ2v) is 5.53. The molecule has 0 aliphatic rings. The number of anilines is 2. The third kappa shape index (κ3) is 2.85. The first-order valence-electron chi connectivity index (χ1n) is 5.77. The van der Waals surface area contributed by atoms with Gasteiger partial charge in [-0.05, 0) is 37.6 Å². The Hall–Kier alpha value is -1.65. The van der Waals surface area contributed by atoms with Crippen molar-refractivity contribution in [2.75, 3.05) is 5.32 Å². The summed E-state index contributed by atoms with van der Waals surface area (Å²) in [6.07, 6.45) is 1.61. The van der Waals surface area contributed by atoms with Gasteiger partial charge in [0.15, 0.2) is 0 Å². The van der Waals surface area contributed by atoms with Crippen molar-refractivity contribution in [3.63, 3.8) is 0 Å². The number of fused-ring (bicyclic) bond motifs is 1. The van der Waals surface area contributed by atoms with Crippen LogP contribution in [0.4, 0.5) is 11.5 Å². The molecule has 0 spiro atoms. The van der Waals surface area contributed by atoms with Crippen molar-refractivity contribution in [3.8, 4) is 0 Å². The van der Waals surface area contributed by atoms with Gasteiger partial charge in [0.05, 0.1) is 5.39 Å². The summed E-state index contributed by atoms with van der Waals surface area (Å²) in [4.78, 5) is 10.9. The van der Waals surface area contributed by atoms with Gasteiger partial charge in [0.25, 0.3) is 0 Å². The average molecular weight is 292 g/mol. The van der Waals surface area contributed by atoms with Crippen molar-refractivity contribution in [3.05, 3.63) is 47.1 Å². The molecule has 1 N–H and O–H groups in total. The molecule has 5 heteroatoms. The van der Waals surface area contributed by atoms with Crippen LogP contribution in [0, 0.1) is 13.8 Å². The Kier molecular flexibility index (Phi) is 4.02. The highest BCUT2D eigenvalue weighted by Gasteiger charge is 2.06. The number of benzene rings is 1. The van der Waals surface area contributed by atoms with Gasteiger partial charge < -0.3 is 5.32 Å². The maximum Gasteiger partial charge on any atom is 0.142 e. The normalized spacial score (nSPS) is 10.2. The van der Waals surface area contributed by atoms with Crippen LogP contribution in [0.25, 0.3) is 10.2 Å². The van der Waals surface area contributed by atoms with E-state index in [0.717, 1.165) is 21.7 Å². The lowest BCUT2D eigenvalue weighted by molar-refractivity contribution is 1.23. The summed E-state index contributed by atoms with van der Waals surface area (Å²) in [5.41, 5.74) is 2.28. The topological polar surface area (TPSA) is 37.8 Å². The molecule has 3 aromatic rings. The lowest BCUT2D eigenvalue weighted by atomic mass is 10.2. The van der Waals surface area contributed by atoms with Crippen molar-refractivity contribution in [2.24, 2.45) is 0 Å². The maximum absolute atomic E-state index is 4.33. The fourth-order valence-electron chi connectivity index (χ4n) is 1.94. The van der Waals surface area contributed by atoms with Crippen molar-refractivity contribution >= 4 is 45.5 Å². The molecule has 0 unspecified atom stereocenters. The van der Waals surface area contributed by atoms with Gasteiger partial charge >= 0.3 is 0 Å². The Morgan fingerprint density at radius 2 is 1.95 bits per heavy atom. The highest BCUT2D eigenvalue weighted by molar-refractivity contribution is 7.18. The van der Waals surface area contributed by atoms with Crippen molar-refractivity contribution < 1.29 is 0 Å².